The molecule has 0 saturated carbocycles. The number of nitro benzene ring substituents is 1. The Morgan fingerprint density at radius 1 is 1.16 bits per heavy atom. The van der Waals surface area contributed by atoms with Crippen molar-refractivity contribution >= 4 is 17.3 Å². The lowest BCUT2D eigenvalue weighted by Crippen LogP contribution is -2.30. The Kier molecular flexibility index (Phi) is 6.11. The van der Waals surface area contributed by atoms with Gasteiger partial charge in [0.15, 0.2) is 6.10 Å². The van der Waals surface area contributed by atoms with Crippen LogP contribution in [0.5, 0.6) is 5.75 Å². The van der Waals surface area contributed by atoms with E-state index >= 15 is 0 Å². The quantitative estimate of drug-likeness (QED) is 0.593. The number of amides is 1. The Morgan fingerprint density at radius 2 is 1.80 bits per heavy atom. The summed E-state index contributed by atoms with van der Waals surface area (Å²) in [5.41, 5.74) is 1.84. The standard InChI is InChI=1S/C19H22N2O4/c1-4-13(2)17-7-5-6-8-18(17)20-19(22)14(3)25-16-11-9-15(10-12-16)21(23)24/h5-14H,4H2,1-3H3,(H,20,22)/t13-,14+/m0/s1. The minimum atomic E-state index is -0.730. The number of benzene rings is 2. The third-order valence-electron chi connectivity index (χ3n) is 4.09. The van der Waals surface area contributed by atoms with Crippen LogP contribution in [0.2, 0.25) is 0 Å². The minimum Gasteiger partial charge on any atom is -0.481 e. The molecule has 0 aromatic heterocycles. The van der Waals surface area contributed by atoms with E-state index in [0.717, 1.165) is 17.7 Å². The largest absolute Gasteiger partial charge is 0.481 e. The molecule has 0 aliphatic carbocycles. The van der Waals surface area contributed by atoms with E-state index in [1.807, 2.05) is 24.3 Å². The fourth-order valence-electron chi connectivity index (χ4n) is 2.40. The molecular weight excluding hydrogens is 320 g/mol. The van der Waals surface area contributed by atoms with Gasteiger partial charge < -0.3 is 10.1 Å². The summed E-state index contributed by atoms with van der Waals surface area (Å²) in [5.74, 6) is 0.472. The second-order valence-corrected chi connectivity index (χ2v) is 5.90. The number of carbonyl (C=O) groups is 1. The molecule has 0 aliphatic heterocycles. The van der Waals surface area contributed by atoms with Crippen LogP contribution in [-0.2, 0) is 4.79 Å². The number of carbonyl (C=O) groups excluding carboxylic acids is 1. The van der Waals surface area contributed by atoms with Crippen molar-refractivity contribution in [2.45, 2.75) is 39.2 Å². The van der Waals surface area contributed by atoms with Gasteiger partial charge in [-0.05, 0) is 43.0 Å². The van der Waals surface area contributed by atoms with Gasteiger partial charge in [-0.25, -0.2) is 0 Å². The van der Waals surface area contributed by atoms with Crippen molar-refractivity contribution in [1.29, 1.82) is 0 Å². The van der Waals surface area contributed by atoms with E-state index in [1.165, 1.54) is 24.3 Å². The SMILES string of the molecule is CC[C@H](C)c1ccccc1NC(=O)[C@@H](C)Oc1ccc([N+](=O)[O-])cc1. The average molecular weight is 342 g/mol. The zero-order chi connectivity index (χ0) is 18.4. The second-order valence-electron chi connectivity index (χ2n) is 5.90. The molecule has 2 aromatic carbocycles. The lowest BCUT2D eigenvalue weighted by molar-refractivity contribution is -0.384. The summed E-state index contributed by atoms with van der Waals surface area (Å²) >= 11 is 0. The fourth-order valence-corrected chi connectivity index (χ4v) is 2.40. The monoisotopic (exact) mass is 342 g/mol. The van der Waals surface area contributed by atoms with Crippen LogP contribution in [0, 0.1) is 10.1 Å². The number of nitrogens with zero attached hydrogens (tertiary/aromatic N) is 1. The van der Waals surface area contributed by atoms with Crippen LogP contribution in [0.1, 0.15) is 38.7 Å². The number of rotatable bonds is 7. The molecule has 0 radical (unpaired) electrons. The first-order valence-corrected chi connectivity index (χ1v) is 8.23. The summed E-state index contributed by atoms with van der Waals surface area (Å²) in [6, 6.07) is 13.4. The summed E-state index contributed by atoms with van der Waals surface area (Å²) in [6.07, 6.45) is 0.244. The van der Waals surface area contributed by atoms with E-state index in [9.17, 15) is 14.9 Å². The third-order valence-corrected chi connectivity index (χ3v) is 4.09. The highest BCUT2D eigenvalue weighted by Gasteiger charge is 2.18. The molecule has 0 fully saturated rings. The van der Waals surface area contributed by atoms with E-state index < -0.39 is 11.0 Å². The van der Waals surface area contributed by atoms with Crippen molar-refractivity contribution in [2.24, 2.45) is 0 Å². The summed E-state index contributed by atoms with van der Waals surface area (Å²) in [4.78, 5) is 22.6. The van der Waals surface area contributed by atoms with Gasteiger partial charge in [0.05, 0.1) is 4.92 Å². The van der Waals surface area contributed by atoms with Crippen molar-refractivity contribution in [1.82, 2.24) is 0 Å². The highest BCUT2D eigenvalue weighted by molar-refractivity contribution is 5.94. The lowest BCUT2D eigenvalue weighted by Gasteiger charge is -2.18. The summed E-state index contributed by atoms with van der Waals surface area (Å²) in [6.45, 7) is 5.86. The topological polar surface area (TPSA) is 81.5 Å². The maximum Gasteiger partial charge on any atom is 0.269 e. The van der Waals surface area contributed by atoms with Crippen LogP contribution < -0.4 is 10.1 Å². The number of hydrogen-bond acceptors (Lipinski definition) is 4. The van der Waals surface area contributed by atoms with Gasteiger partial charge in [0.1, 0.15) is 5.75 Å². The Balaban J connectivity index is 2.04. The molecule has 0 saturated heterocycles. The molecule has 0 spiro atoms. The Labute approximate surface area is 147 Å². The second kappa shape index (κ2) is 8.28. The predicted octanol–water partition coefficient (Wildman–Crippen LogP) is 4.51. The normalized spacial score (nSPS) is 12.9. The Hall–Kier alpha value is -2.89. The molecule has 132 valence electrons. The molecule has 2 aromatic rings. The Morgan fingerprint density at radius 3 is 2.40 bits per heavy atom. The van der Waals surface area contributed by atoms with Crippen LogP contribution in [0.4, 0.5) is 11.4 Å². The van der Waals surface area contributed by atoms with Gasteiger partial charge in [-0.1, -0.05) is 32.0 Å². The first kappa shape index (κ1) is 18.4. The molecule has 2 rings (SSSR count). The molecule has 0 heterocycles. The maximum atomic E-state index is 12.4. The van der Waals surface area contributed by atoms with Crippen LogP contribution in [0.15, 0.2) is 48.5 Å². The summed E-state index contributed by atoms with van der Waals surface area (Å²) in [5, 5.41) is 13.6. The molecule has 0 bridgehead atoms. The van der Waals surface area contributed by atoms with Crippen LogP contribution in [0.25, 0.3) is 0 Å². The van der Waals surface area contributed by atoms with Gasteiger partial charge in [-0.15, -0.1) is 0 Å². The van der Waals surface area contributed by atoms with Gasteiger partial charge in [-0.2, -0.15) is 0 Å². The fraction of sp³-hybridized carbons (Fsp3) is 0.316. The van der Waals surface area contributed by atoms with Gasteiger partial charge >= 0.3 is 0 Å². The smallest absolute Gasteiger partial charge is 0.269 e. The average Bonchev–Trinajstić information content (AvgIpc) is 2.61. The predicted molar refractivity (Wildman–Crippen MR) is 97.0 cm³/mol. The highest BCUT2D eigenvalue weighted by atomic mass is 16.6. The highest BCUT2D eigenvalue weighted by Crippen LogP contribution is 2.27. The van der Waals surface area contributed by atoms with E-state index in [4.69, 9.17) is 4.74 Å². The molecule has 0 unspecified atom stereocenters. The molecular formula is C19H22N2O4. The summed E-state index contributed by atoms with van der Waals surface area (Å²) < 4.78 is 5.58. The van der Waals surface area contributed by atoms with E-state index in [0.29, 0.717) is 11.7 Å². The molecule has 0 aliphatic rings. The van der Waals surface area contributed by atoms with Crippen molar-refractivity contribution in [3.05, 3.63) is 64.2 Å². The van der Waals surface area contributed by atoms with E-state index in [-0.39, 0.29) is 11.6 Å². The molecule has 1 N–H and O–H groups in total. The molecule has 2 atom stereocenters. The zero-order valence-corrected chi connectivity index (χ0v) is 14.6. The van der Waals surface area contributed by atoms with Crippen molar-refractivity contribution in [2.75, 3.05) is 5.32 Å². The number of hydrogen-bond donors (Lipinski definition) is 1. The number of non-ortho nitro benzene ring substituents is 1. The van der Waals surface area contributed by atoms with Gasteiger partial charge in [-0.3, -0.25) is 14.9 Å². The first-order valence-electron chi connectivity index (χ1n) is 8.23. The van der Waals surface area contributed by atoms with Crippen molar-refractivity contribution in [3.8, 4) is 5.75 Å². The Bertz CT molecular complexity index is 743. The number of para-hydroxylation sites is 1. The van der Waals surface area contributed by atoms with Crippen molar-refractivity contribution < 1.29 is 14.5 Å². The van der Waals surface area contributed by atoms with E-state index in [2.05, 4.69) is 19.2 Å². The number of nitrogens with one attached hydrogen (secondary N) is 1. The summed E-state index contributed by atoms with van der Waals surface area (Å²) in [7, 11) is 0. The zero-order valence-electron chi connectivity index (χ0n) is 14.6. The maximum absolute atomic E-state index is 12.4. The third kappa shape index (κ3) is 4.79. The lowest BCUT2D eigenvalue weighted by atomic mass is 9.97. The molecule has 1 amide bonds. The molecule has 25 heavy (non-hydrogen) atoms. The van der Waals surface area contributed by atoms with Gasteiger partial charge in [0.2, 0.25) is 0 Å². The van der Waals surface area contributed by atoms with Gasteiger partial charge in [0, 0.05) is 17.8 Å². The van der Waals surface area contributed by atoms with Crippen LogP contribution in [0.3, 0.4) is 0 Å². The van der Waals surface area contributed by atoms with Crippen molar-refractivity contribution in [3.63, 3.8) is 0 Å². The number of nitro groups is 1. The molecule has 6 nitrogen and oxygen atoms in total. The van der Waals surface area contributed by atoms with Gasteiger partial charge in [0.25, 0.3) is 11.6 Å². The minimum absolute atomic E-state index is 0.0214. The number of ether oxygens (including phenoxy) is 1. The van der Waals surface area contributed by atoms with E-state index in [1.54, 1.807) is 6.92 Å². The molecule has 6 heteroatoms. The number of anilines is 1. The van der Waals surface area contributed by atoms with Crippen LogP contribution >= 0.6 is 0 Å². The van der Waals surface area contributed by atoms with Crippen LogP contribution in [-0.4, -0.2) is 16.9 Å². The first-order chi connectivity index (χ1) is 11.9.